The molecule has 3 heterocycles. The van der Waals surface area contributed by atoms with Crippen molar-refractivity contribution >= 4 is 0 Å². The molecule has 0 saturated carbocycles. The van der Waals surface area contributed by atoms with Crippen LogP contribution in [0.3, 0.4) is 0 Å². The summed E-state index contributed by atoms with van der Waals surface area (Å²) in [5.74, 6) is 1.04. The fourth-order valence-electron chi connectivity index (χ4n) is 3.79. The van der Waals surface area contributed by atoms with Gasteiger partial charge in [-0.25, -0.2) is 0 Å². The molecule has 0 aliphatic carbocycles. The molecule has 1 atom stereocenters. The van der Waals surface area contributed by atoms with Gasteiger partial charge < -0.3 is 13.9 Å². The third-order valence-electron chi connectivity index (χ3n) is 5.23. The highest BCUT2D eigenvalue weighted by Crippen LogP contribution is 2.37. The molecule has 2 aliphatic rings. The second-order valence-corrected chi connectivity index (χ2v) is 6.97. The molecule has 0 amide bonds. The average molecular weight is 327 g/mol. The molecule has 2 saturated heterocycles. The summed E-state index contributed by atoms with van der Waals surface area (Å²) in [7, 11) is 0. The van der Waals surface area contributed by atoms with Crippen molar-refractivity contribution in [1.29, 1.82) is 0 Å². The topological polar surface area (TPSA) is 34.8 Å². The predicted octanol–water partition coefficient (Wildman–Crippen LogP) is 3.62. The monoisotopic (exact) mass is 327 g/mol. The van der Waals surface area contributed by atoms with E-state index in [1.54, 1.807) is 6.26 Å². The van der Waals surface area contributed by atoms with Crippen molar-refractivity contribution in [2.24, 2.45) is 0 Å². The number of furan rings is 1. The van der Waals surface area contributed by atoms with Gasteiger partial charge in [0, 0.05) is 19.5 Å². The Labute approximate surface area is 143 Å². The molecule has 0 bridgehead atoms. The Morgan fingerprint density at radius 2 is 1.92 bits per heavy atom. The van der Waals surface area contributed by atoms with E-state index in [0.717, 1.165) is 51.3 Å². The molecule has 1 unspecified atom stereocenters. The van der Waals surface area contributed by atoms with Gasteiger partial charge in [0.25, 0.3) is 0 Å². The molecule has 4 heteroatoms. The van der Waals surface area contributed by atoms with E-state index in [0.29, 0.717) is 6.61 Å². The van der Waals surface area contributed by atoms with Crippen molar-refractivity contribution < 1.29 is 13.9 Å². The summed E-state index contributed by atoms with van der Waals surface area (Å²) in [6, 6.07) is 14.4. The van der Waals surface area contributed by atoms with Gasteiger partial charge in [0.15, 0.2) is 0 Å². The molecule has 4 rings (SSSR count). The Morgan fingerprint density at radius 3 is 2.67 bits per heavy atom. The minimum Gasteiger partial charge on any atom is -0.468 e. The predicted molar refractivity (Wildman–Crippen MR) is 91.5 cm³/mol. The second-order valence-electron chi connectivity index (χ2n) is 6.97. The molecule has 1 aromatic carbocycles. The lowest BCUT2D eigenvalue weighted by Crippen LogP contribution is -2.43. The smallest absolute Gasteiger partial charge is 0.117 e. The molecule has 1 aromatic heterocycles. The number of hydrogen-bond acceptors (Lipinski definition) is 4. The second kappa shape index (κ2) is 7.09. The van der Waals surface area contributed by atoms with Crippen LogP contribution in [0.4, 0.5) is 0 Å². The first-order chi connectivity index (χ1) is 11.8. The van der Waals surface area contributed by atoms with Gasteiger partial charge in [-0.1, -0.05) is 30.3 Å². The van der Waals surface area contributed by atoms with E-state index in [2.05, 4.69) is 29.2 Å². The van der Waals surface area contributed by atoms with E-state index >= 15 is 0 Å². The molecule has 0 radical (unpaired) electrons. The Bertz CT molecular complexity index is 618. The van der Waals surface area contributed by atoms with Crippen molar-refractivity contribution in [3.63, 3.8) is 0 Å². The lowest BCUT2D eigenvalue weighted by Gasteiger charge is -2.38. The van der Waals surface area contributed by atoms with Gasteiger partial charge in [0.05, 0.1) is 37.7 Å². The standard InChI is InChI=1S/C20H25NO3/c1-2-5-17(6-3-1)15-23-19-13-20(24-16-19)8-10-21(11-9-20)14-18-7-4-12-22-18/h1-7,12,19H,8-11,13-16H2. The summed E-state index contributed by atoms with van der Waals surface area (Å²) < 4.78 is 17.7. The fraction of sp³-hybridized carbons (Fsp3) is 0.500. The van der Waals surface area contributed by atoms with E-state index in [9.17, 15) is 0 Å². The number of piperidine rings is 1. The van der Waals surface area contributed by atoms with Crippen LogP contribution >= 0.6 is 0 Å². The Hall–Kier alpha value is -1.62. The summed E-state index contributed by atoms with van der Waals surface area (Å²) in [5, 5.41) is 0. The van der Waals surface area contributed by atoms with Gasteiger partial charge in [-0.15, -0.1) is 0 Å². The lowest BCUT2D eigenvalue weighted by atomic mass is 9.88. The van der Waals surface area contributed by atoms with E-state index in [1.807, 2.05) is 18.2 Å². The molecule has 1 spiro atoms. The van der Waals surface area contributed by atoms with E-state index in [1.165, 1.54) is 5.56 Å². The Balaban J connectivity index is 1.24. The zero-order valence-corrected chi connectivity index (χ0v) is 14.0. The molecule has 0 N–H and O–H groups in total. The molecule has 2 aromatic rings. The molecule has 24 heavy (non-hydrogen) atoms. The maximum atomic E-state index is 6.19. The minimum absolute atomic E-state index is 0.0288. The first kappa shape index (κ1) is 15.9. The average Bonchev–Trinajstić information content (AvgIpc) is 3.27. The van der Waals surface area contributed by atoms with Crippen LogP contribution in [0.25, 0.3) is 0 Å². The van der Waals surface area contributed by atoms with Gasteiger partial charge in [0.1, 0.15) is 5.76 Å². The van der Waals surface area contributed by atoms with Crippen LogP contribution in [0.5, 0.6) is 0 Å². The summed E-state index contributed by atoms with van der Waals surface area (Å²) in [6.07, 6.45) is 5.16. The molecule has 2 fully saturated rings. The van der Waals surface area contributed by atoms with Gasteiger partial charge in [-0.3, -0.25) is 4.90 Å². The molecular weight excluding hydrogens is 302 g/mol. The van der Waals surface area contributed by atoms with Crippen LogP contribution in [-0.4, -0.2) is 36.3 Å². The van der Waals surface area contributed by atoms with Crippen molar-refractivity contribution in [3.05, 3.63) is 60.1 Å². The van der Waals surface area contributed by atoms with Crippen LogP contribution in [0, 0.1) is 0 Å². The van der Waals surface area contributed by atoms with Crippen molar-refractivity contribution in [2.75, 3.05) is 19.7 Å². The van der Waals surface area contributed by atoms with Gasteiger partial charge >= 0.3 is 0 Å². The maximum Gasteiger partial charge on any atom is 0.117 e. The third kappa shape index (κ3) is 3.72. The van der Waals surface area contributed by atoms with E-state index in [-0.39, 0.29) is 11.7 Å². The highest BCUT2D eigenvalue weighted by molar-refractivity contribution is 5.13. The van der Waals surface area contributed by atoms with Crippen molar-refractivity contribution in [3.8, 4) is 0 Å². The van der Waals surface area contributed by atoms with Crippen LogP contribution in [-0.2, 0) is 22.6 Å². The molecular formula is C20H25NO3. The van der Waals surface area contributed by atoms with Crippen LogP contribution in [0.15, 0.2) is 53.1 Å². The van der Waals surface area contributed by atoms with Gasteiger partial charge in [0.2, 0.25) is 0 Å². The Morgan fingerprint density at radius 1 is 1.08 bits per heavy atom. The van der Waals surface area contributed by atoms with Crippen LogP contribution < -0.4 is 0 Å². The number of hydrogen-bond donors (Lipinski definition) is 0. The lowest BCUT2D eigenvalue weighted by molar-refractivity contribution is -0.0476. The summed E-state index contributed by atoms with van der Waals surface area (Å²) in [5.41, 5.74) is 1.26. The minimum atomic E-state index is 0.0288. The zero-order valence-electron chi connectivity index (χ0n) is 14.0. The maximum absolute atomic E-state index is 6.19. The number of ether oxygens (including phenoxy) is 2. The number of nitrogens with zero attached hydrogens (tertiary/aromatic N) is 1. The molecule has 128 valence electrons. The normalized spacial score (nSPS) is 23.8. The fourth-order valence-corrected chi connectivity index (χ4v) is 3.79. The van der Waals surface area contributed by atoms with E-state index in [4.69, 9.17) is 13.9 Å². The third-order valence-corrected chi connectivity index (χ3v) is 5.23. The molecule has 4 nitrogen and oxygen atoms in total. The quantitative estimate of drug-likeness (QED) is 0.840. The summed E-state index contributed by atoms with van der Waals surface area (Å²) >= 11 is 0. The largest absolute Gasteiger partial charge is 0.468 e. The highest BCUT2D eigenvalue weighted by atomic mass is 16.6. The SMILES string of the molecule is c1ccc(COC2COC3(CCN(Cc4ccco4)CC3)C2)cc1. The number of rotatable bonds is 5. The first-order valence-corrected chi connectivity index (χ1v) is 8.86. The first-order valence-electron chi connectivity index (χ1n) is 8.86. The van der Waals surface area contributed by atoms with Crippen LogP contribution in [0.2, 0.25) is 0 Å². The summed E-state index contributed by atoms with van der Waals surface area (Å²) in [6.45, 7) is 4.43. The Kier molecular flexibility index (Phi) is 4.69. The summed E-state index contributed by atoms with van der Waals surface area (Å²) in [4.78, 5) is 2.45. The zero-order chi connectivity index (χ0) is 16.2. The van der Waals surface area contributed by atoms with Gasteiger partial charge in [-0.05, 0) is 30.5 Å². The number of benzene rings is 1. The van der Waals surface area contributed by atoms with E-state index < -0.39 is 0 Å². The number of likely N-dealkylation sites (tertiary alicyclic amines) is 1. The van der Waals surface area contributed by atoms with Crippen molar-refractivity contribution in [2.45, 2.75) is 44.1 Å². The van der Waals surface area contributed by atoms with Crippen LogP contribution in [0.1, 0.15) is 30.6 Å². The molecule has 2 aliphatic heterocycles. The van der Waals surface area contributed by atoms with Gasteiger partial charge in [-0.2, -0.15) is 0 Å². The highest BCUT2D eigenvalue weighted by Gasteiger charge is 2.43. The van der Waals surface area contributed by atoms with Crippen molar-refractivity contribution in [1.82, 2.24) is 4.90 Å².